The molecule has 2 aromatic rings. The molecule has 8 heteroatoms. The van der Waals surface area contributed by atoms with Crippen LogP contribution in [0.1, 0.15) is 24.2 Å². The molecule has 0 bridgehead atoms. The van der Waals surface area contributed by atoms with Gasteiger partial charge in [-0.3, -0.25) is 14.4 Å². The summed E-state index contributed by atoms with van der Waals surface area (Å²) >= 11 is 0. The first kappa shape index (κ1) is 22.1. The molecule has 3 amide bonds. The van der Waals surface area contributed by atoms with Crippen molar-refractivity contribution in [3.05, 3.63) is 54.1 Å². The van der Waals surface area contributed by atoms with Gasteiger partial charge < -0.3 is 25.2 Å². The van der Waals surface area contributed by atoms with Gasteiger partial charge in [0.1, 0.15) is 5.75 Å². The Morgan fingerprint density at radius 3 is 2.55 bits per heavy atom. The fraction of sp³-hybridized carbons (Fsp3) is 0.348. The molecule has 1 aliphatic heterocycles. The zero-order chi connectivity index (χ0) is 22.4. The van der Waals surface area contributed by atoms with Crippen molar-refractivity contribution in [3.63, 3.8) is 0 Å². The highest BCUT2D eigenvalue weighted by molar-refractivity contribution is 5.98. The zero-order valence-corrected chi connectivity index (χ0v) is 18.1. The number of carbonyl (C=O) groups excluding carboxylic acids is 3. The van der Waals surface area contributed by atoms with Crippen molar-refractivity contribution in [3.8, 4) is 5.75 Å². The summed E-state index contributed by atoms with van der Waals surface area (Å²) in [6.45, 7) is 5.40. The Balaban J connectivity index is 1.72. The predicted octanol–water partition coefficient (Wildman–Crippen LogP) is 2.12. The molecule has 2 aromatic carbocycles. The summed E-state index contributed by atoms with van der Waals surface area (Å²) in [5.41, 5.74) is 1.83. The van der Waals surface area contributed by atoms with E-state index in [1.807, 2.05) is 36.9 Å². The number of para-hydroxylation sites is 2. The lowest BCUT2D eigenvalue weighted by molar-refractivity contribution is -0.127. The van der Waals surface area contributed by atoms with Crippen molar-refractivity contribution in [1.82, 2.24) is 10.2 Å². The lowest BCUT2D eigenvalue weighted by Gasteiger charge is -2.35. The van der Waals surface area contributed by atoms with Crippen LogP contribution in [0.3, 0.4) is 0 Å². The lowest BCUT2D eigenvalue weighted by atomic mass is 10.1. The van der Waals surface area contributed by atoms with Crippen molar-refractivity contribution in [2.75, 3.05) is 43.4 Å². The molecule has 31 heavy (non-hydrogen) atoms. The van der Waals surface area contributed by atoms with E-state index >= 15 is 0 Å². The molecule has 0 unspecified atom stereocenters. The molecule has 1 aliphatic rings. The quantitative estimate of drug-likeness (QED) is 0.711. The van der Waals surface area contributed by atoms with E-state index in [9.17, 15) is 14.4 Å². The van der Waals surface area contributed by atoms with Gasteiger partial charge in [0.05, 0.1) is 18.8 Å². The number of nitrogens with zero attached hydrogens (tertiary/aromatic N) is 2. The molecule has 1 heterocycles. The maximum atomic E-state index is 12.8. The van der Waals surface area contributed by atoms with Gasteiger partial charge in [0, 0.05) is 31.4 Å². The van der Waals surface area contributed by atoms with Crippen LogP contribution in [0, 0.1) is 0 Å². The molecule has 3 rings (SSSR count). The van der Waals surface area contributed by atoms with Crippen molar-refractivity contribution in [2.45, 2.75) is 20.0 Å². The number of carbonyl (C=O) groups is 3. The van der Waals surface area contributed by atoms with Crippen molar-refractivity contribution < 1.29 is 19.1 Å². The highest BCUT2D eigenvalue weighted by atomic mass is 16.5. The summed E-state index contributed by atoms with van der Waals surface area (Å²) in [6, 6.07) is 14.2. The molecule has 0 fully saturated rings. The van der Waals surface area contributed by atoms with Gasteiger partial charge >= 0.3 is 0 Å². The first-order valence-corrected chi connectivity index (χ1v) is 10.4. The van der Waals surface area contributed by atoms with E-state index in [4.69, 9.17) is 4.74 Å². The highest BCUT2D eigenvalue weighted by Gasteiger charge is 2.31. The van der Waals surface area contributed by atoms with E-state index in [2.05, 4.69) is 10.6 Å². The Morgan fingerprint density at radius 1 is 1.10 bits per heavy atom. The molecule has 0 aromatic heterocycles. The minimum atomic E-state index is -0.706. The van der Waals surface area contributed by atoms with Crippen molar-refractivity contribution >= 4 is 29.1 Å². The summed E-state index contributed by atoms with van der Waals surface area (Å²) in [5, 5.41) is 5.44. The number of amides is 3. The molecule has 0 saturated carbocycles. The second kappa shape index (κ2) is 9.97. The minimum Gasteiger partial charge on any atom is -0.477 e. The first-order chi connectivity index (χ1) is 15.0. The van der Waals surface area contributed by atoms with Crippen LogP contribution in [0.4, 0.5) is 11.4 Å². The van der Waals surface area contributed by atoms with Gasteiger partial charge in [-0.1, -0.05) is 18.2 Å². The van der Waals surface area contributed by atoms with Gasteiger partial charge in [-0.2, -0.15) is 0 Å². The summed E-state index contributed by atoms with van der Waals surface area (Å²) in [7, 11) is 1.55. The summed E-state index contributed by atoms with van der Waals surface area (Å²) in [5.74, 6) is -0.0130. The Hall–Kier alpha value is -3.55. The summed E-state index contributed by atoms with van der Waals surface area (Å²) in [4.78, 5) is 41.0. The van der Waals surface area contributed by atoms with Crippen LogP contribution < -0.4 is 20.3 Å². The zero-order valence-electron chi connectivity index (χ0n) is 18.1. The Bertz CT molecular complexity index is 958. The fourth-order valence-electron chi connectivity index (χ4n) is 3.55. The molecule has 2 N–H and O–H groups in total. The number of benzene rings is 2. The SMILES string of the molecule is CCN(CC)C(=O)c1cccc(NC(=O)CN2C[C@@H](C(=O)NC)Oc3ccccc32)c1. The van der Waals surface area contributed by atoms with Gasteiger partial charge in [0.15, 0.2) is 6.10 Å². The van der Waals surface area contributed by atoms with E-state index < -0.39 is 6.10 Å². The average Bonchev–Trinajstić information content (AvgIpc) is 2.79. The standard InChI is InChI=1S/C23H28N4O4/c1-4-26(5-2)23(30)16-9-8-10-17(13-16)25-21(28)15-27-14-20(22(29)24-3)31-19-12-7-6-11-18(19)27/h6-13,20H,4-5,14-15H2,1-3H3,(H,24,29)(H,25,28)/t20-/m0/s1. The summed E-state index contributed by atoms with van der Waals surface area (Å²) in [6.07, 6.45) is -0.706. The smallest absolute Gasteiger partial charge is 0.262 e. The summed E-state index contributed by atoms with van der Waals surface area (Å²) < 4.78 is 5.77. The monoisotopic (exact) mass is 424 g/mol. The topological polar surface area (TPSA) is 91.0 Å². The maximum Gasteiger partial charge on any atom is 0.262 e. The molecule has 1 atom stereocenters. The van der Waals surface area contributed by atoms with E-state index in [1.165, 1.54) is 0 Å². The number of hydrogen-bond donors (Lipinski definition) is 2. The lowest BCUT2D eigenvalue weighted by Crippen LogP contribution is -2.50. The fourth-order valence-corrected chi connectivity index (χ4v) is 3.55. The van der Waals surface area contributed by atoms with E-state index in [0.29, 0.717) is 30.1 Å². The Labute approximate surface area is 182 Å². The third-order valence-electron chi connectivity index (χ3n) is 5.18. The van der Waals surface area contributed by atoms with E-state index in [1.54, 1.807) is 42.3 Å². The number of likely N-dealkylation sites (N-methyl/N-ethyl adjacent to an activating group) is 1. The van der Waals surface area contributed by atoms with Crippen LogP contribution in [0.25, 0.3) is 0 Å². The van der Waals surface area contributed by atoms with Crippen molar-refractivity contribution in [1.29, 1.82) is 0 Å². The second-order valence-electron chi connectivity index (χ2n) is 7.18. The van der Waals surface area contributed by atoms with E-state index in [0.717, 1.165) is 5.69 Å². The number of rotatable bonds is 7. The number of anilines is 2. The largest absolute Gasteiger partial charge is 0.477 e. The number of hydrogen-bond acceptors (Lipinski definition) is 5. The van der Waals surface area contributed by atoms with Crippen LogP contribution in [0.2, 0.25) is 0 Å². The third-order valence-corrected chi connectivity index (χ3v) is 5.18. The normalized spacial score (nSPS) is 14.8. The molecule has 0 saturated heterocycles. The maximum absolute atomic E-state index is 12.8. The molecule has 8 nitrogen and oxygen atoms in total. The highest BCUT2D eigenvalue weighted by Crippen LogP contribution is 2.33. The van der Waals surface area contributed by atoms with Gasteiger partial charge in [-0.05, 0) is 44.2 Å². The molecule has 0 aliphatic carbocycles. The Morgan fingerprint density at radius 2 is 1.84 bits per heavy atom. The van der Waals surface area contributed by atoms with Crippen molar-refractivity contribution in [2.24, 2.45) is 0 Å². The van der Waals surface area contributed by atoms with Crippen LogP contribution in [0.5, 0.6) is 5.75 Å². The number of fused-ring (bicyclic) bond motifs is 1. The van der Waals surface area contributed by atoms with Gasteiger partial charge in [-0.15, -0.1) is 0 Å². The second-order valence-corrected chi connectivity index (χ2v) is 7.18. The molecule has 164 valence electrons. The van der Waals surface area contributed by atoms with Crippen LogP contribution in [-0.2, 0) is 9.59 Å². The van der Waals surface area contributed by atoms with Crippen LogP contribution >= 0.6 is 0 Å². The average molecular weight is 425 g/mol. The molecule has 0 spiro atoms. The van der Waals surface area contributed by atoms with Crippen LogP contribution in [-0.4, -0.2) is 62.0 Å². The number of ether oxygens (including phenoxy) is 1. The predicted molar refractivity (Wildman–Crippen MR) is 119 cm³/mol. The Kier molecular flexibility index (Phi) is 7.12. The first-order valence-electron chi connectivity index (χ1n) is 10.4. The molecular weight excluding hydrogens is 396 g/mol. The molecular formula is C23H28N4O4. The minimum absolute atomic E-state index is 0.0437. The van der Waals surface area contributed by atoms with E-state index in [-0.39, 0.29) is 30.8 Å². The number of nitrogens with one attached hydrogen (secondary N) is 2. The molecule has 0 radical (unpaired) electrons. The van der Waals surface area contributed by atoms with Gasteiger partial charge in [-0.25, -0.2) is 0 Å². The van der Waals surface area contributed by atoms with Crippen LogP contribution in [0.15, 0.2) is 48.5 Å². The van der Waals surface area contributed by atoms with Gasteiger partial charge in [0.25, 0.3) is 11.8 Å². The van der Waals surface area contributed by atoms with Gasteiger partial charge in [0.2, 0.25) is 5.91 Å². The third kappa shape index (κ3) is 5.14.